The number of halogens is 1. The Hall–Kier alpha value is -4.14. The van der Waals surface area contributed by atoms with Gasteiger partial charge in [-0.3, -0.25) is 9.59 Å². The summed E-state index contributed by atoms with van der Waals surface area (Å²) in [6, 6.07) is 28.6. The number of rotatable bonds is 9. The first-order valence-electron chi connectivity index (χ1n) is 15.2. The van der Waals surface area contributed by atoms with E-state index in [9.17, 15) is 18.2 Å². The SMILES string of the molecule is O=C(NCCCN1CCC(Cc2ccccc2)CC1)c1ccc2c(c1)N(Cc1ccccc1F)C(=O)c1ccccc1S2=O. The van der Waals surface area contributed by atoms with Crippen LogP contribution in [0, 0.1) is 11.7 Å². The van der Waals surface area contributed by atoms with Crippen molar-refractivity contribution >= 4 is 28.3 Å². The molecule has 226 valence electrons. The van der Waals surface area contributed by atoms with E-state index in [4.69, 9.17) is 0 Å². The van der Waals surface area contributed by atoms with Crippen LogP contribution in [0.25, 0.3) is 0 Å². The summed E-state index contributed by atoms with van der Waals surface area (Å²) in [6.45, 7) is 3.53. The Kier molecular flexibility index (Phi) is 9.28. The first-order valence-corrected chi connectivity index (χ1v) is 16.4. The first kappa shape index (κ1) is 29.9. The van der Waals surface area contributed by atoms with Gasteiger partial charge in [0.1, 0.15) is 5.82 Å². The molecular weight excluding hydrogens is 573 g/mol. The van der Waals surface area contributed by atoms with Gasteiger partial charge in [0.25, 0.3) is 11.8 Å². The molecule has 4 aromatic rings. The Morgan fingerprint density at radius 1 is 0.886 bits per heavy atom. The van der Waals surface area contributed by atoms with Crippen LogP contribution >= 0.6 is 0 Å². The predicted octanol–water partition coefficient (Wildman–Crippen LogP) is 6.23. The van der Waals surface area contributed by atoms with Crippen LogP contribution in [0.4, 0.5) is 10.1 Å². The molecule has 2 amide bonds. The molecule has 2 aliphatic rings. The maximum atomic E-state index is 14.7. The summed E-state index contributed by atoms with van der Waals surface area (Å²) in [5.41, 5.74) is 2.74. The molecule has 4 aromatic carbocycles. The molecule has 0 saturated carbocycles. The summed E-state index contributed by atoms with van der Waals surface area (Å²) >= 11 is 0. The van der Waals surface area contributed by atoms with E-state index in [1.54, 1.807) is 60.7 Å². The number of carbonyl (C=O) groups is 2. The molecule has 1 N–H and O–H groups in total. The van der Waals surface area contributed by atoms with Crippen LogP contribution in [0.3, 0.4) is 0 Å². The van der Waals surface area contributed by atoms with Gasteiger partial charge in [-0.05, 0) is 93.2 Å². The number of hydrogen-bond donors (Lipinski definition) is 1. The number of piperidine rings is 1. The summed E-state index contributed by atoms with van der Waals surface area (Å²) < 4.78 is 28.3. The van der Waals surface area contributed by atoms with Gasteiger partial charge in [-0.1, -0.05) is 60.7 Å². The van der Waals surface area contributed by atoms with Crippen LogP contribution in [-0.2, 0) is 23.8 Å². The highest BCUT2D eigenvalue weighted by molar-refractivity contribution is 7.85. The highest BCUT2D eigenvalue weighted by Crippen LogP contribution is 2.36. The van der Waals surface area contributed by atoms with E-state index in [0.717, 1.165) is 32.5 Å². The zero-order valence-electron chi connectivity index (χ0n) is 24.6. The molecule has 6 rings (SSSR count). The summed E-state index contributed by atoms with van der Waals surface area (Å²) in [4.78, 5) is 31.7. The minimum absolute atomic E-state index is 0.0584. The summed E-state index contributed by atoms with van der Waals surface area (Å²) in [7, 11) is -1.65. The molecule has 2 aliphatic heterocycles. The molecule has 0 aliphatic carbocycles. The Labute approximate surface area is 260 Å². The molecule has 1 fully saturated rings. The molecule has 0 spiro atoms. The van der Waals surface area contributed by atoms with E-state index in [0.29, 0.717) is 44.6 Å². The molecule has 1 unspecified atom stereocenters. The fourth-order valence-electron chi connectivity index (χ4n) is 6.13. The average Bonchev–Trinajstić information content (AvgIpc) is 3.14. The number of amides is 2. The fraction of sp³-hybridized carbons (Fsp3) is 0.278. The molecule has 44 heavy (non-hydrogen) atoms. The van der Waals surface area contributed by atoms with Crippen LogP contribution in [0.5, 0.6) is 0 Å². The molecule has 0 bridgehead atoms. The van der Waals surface area contributed by atoms with E-state index in [1.165, 1.54) is 29.4 Å². The van der Waals surface area contributed by atoms with Crippen molar-refractivity contribution in [2.75, 3.05) is 31.1 Å². The molecule has 2 heterocycles. The number of hydrogen-bond acceptors (Lipinski definition) is 4. The third kappa shape index (κ3) is 6.66. The lowest BCUT2D eigenvalue weighted by molar-refractivity contribution is 0.0947. The number of anilines is 1. The van der Waals surface area contributed by atoms with Crippen molar-refractivity contribution in [1.82, 2.24) is 10.2 Å². The highest BCUT2D eigenvalue weighted by atomic mass is 32.2. The van der Waals surface area contributed by atoms with Gasteiger partial charge in [0.2, 0.25) is 0 Å². The van der Waals surface area contributed by atoms with Crippen LogP contribution in [-0.4, -0.2) is 47.1 Å². The van der Waals surface area contributed by atoms with Crippen LogP contribution in [0.2, 0.25) is 0 Å². The molecule has 8 heteroatoms. The second kappa shape index (κ2) is 13.7. The van der Waals surface area contributed by atoms with Gasteiger partial charge in [0.05, 0.1) is 38.4 Å². The van der Waals surface area contributed by atoms with Gasteiger partial charge in [-0.25, -0.2) is 8.60 Å². The summed E-state index contributed by atoms with van der Waals surface area (Å²) in [6.07, 6.45) is 4.33. The number of carbonyl (C=O) groups excluding carboxylic acids is 2. The highest BCUT2D eigenvalue weighted by Gasteiger charge is 2.32. The van der Waals surface area contributed by atoms with Crippen LogP contribution in [0.15, 0.2) is 107 Å². The quantitative estimate of drug-likeness (QED) is 0.229. The average molecular weight is 610 g/mol. The maximum absolute atomic E-state index is 14.7. The van der Waals surface area contributed by atoms with Crippen molar-refractivity contribution in [2.24, 2.45) is 5.92 Å². The van der Waals surface area contributed by atoms with Crippen molar-refractivity contribution in [3.63, 3.8) is 0 Å². The van der Waals surface area contributed by atoms with Crippen molar-refractivity contribution in [1.29, 1.82) is 0 Å². The van der Waals surface area contributed by atoms with Gasteiger partial charge in [0, 0.05) is 17.7 Å². The topological polar surface area (TPSA) is 69.7 Å². The first-order chi connectivity index (χ1) is 21.5. The normalized spacial score (nSPS) is 17.1. The zero-order valence-corrected chi connectivity index (χ0v) is 25.4. The Morgan fingerprint density at radius 3 is 2.41 bits per heavy atom. The lowest BCUT2D eigenvalue weighted by Crippen LogP contribution is -2.36. The molecule has 6 nitrogen and oxygen atoms in total. The maximum Gasteiger partial charge on any atom is 0.259 e. The van der Waals surface area contributed by atoms with E-state index < -0.39 is 16.6 Å². The number of likely N-dealkylation sites (tertiary alicyclic amines) is 1. The second-order valence-corrected chi connectivity index (χ2v) is 12.9. The molecule has 1 saturated heterocycles. The standard InChI is InChI=1S/C36H36FN3O3S/c37-31-13-6-4-11-29(31)25-40-32-24-28(15-16-34(32)44(43)33-14-7-5-12-30(33)36(40)42)35(41)38-19-8-20-39-21-17-27(18-22-39)23-26-9-2-1-3-10-26/h1-7,9-16,24,27H,8,17-23,25H2,(H,38,41). The van der Waals surface area contributed by atoms with Gasteiger partial charge >= 0.3 is 0 Å². The smallest absolute Gasteiger partial charge is 0.259 e. The van der Waals surface area contributed by atoms with Crippen molar-refractivity contribution < 1.29 is 18.2 Å². The second-order valence-electron chi connectivity index (χ2n) is 11.5. The Bertz CT molecular complexity index is 1670. The lowest BCUT2D eigenvalue weighted by atomic mass is 9.90. The van der Waals surface area contributed by atoms with E-state index in [2.05, 4.69) is 40.5 Å². The van der Waals surface area contributed by atoms with Gasteiger partial charge in [-0.2, -0.15) is 0 Å². The summed E-state index contributed by atoms with van der Waals surface area (Å²) in [5.74, 6) is -0.371. The molecule has 1 atom stereocenters. The lowest BCUT2D eigenvalue weighted by Gasteiger charge is -2.32. The fourth-order valence-corrected chi connectivity index (χ4v) is 7.47. The van der Waals surface area contributed by atoms with E-state index in [-0.39, 0.29) is 18.4 Å². The zero-order chi connectivity index (χ0) is 30.5. The summed E-state index contributed by atoms with van der Waals surface area (Å²) in [5, 5.41) is 3.01. The monoisotopic (exact) mass is 609 g/mol. The minimum atomic E-state index is -1.65. The van der Waals surface area contributed by atoms with Crippen molar-refractivity contribution in [3.05, 3.63) is 125 Å². The largest absolute Gasteiger partial charge is 0.352 e. The number of nitrogens with zero attached hydrogens (tertiary/aromatic N) is 2. The van der Waals surface area contributed by atoms with Crippen molar-refractivity contribution in [2.45, 2.75) is 42.0 Å². The van der Waals surface area contributed by atoms with Gasteiger partial charge in [-0.15, -0.1) is 0 Å². The van der Waals surface area contributed by atoms with E-state index >= 15 is 0 Å². The molecule has 0 aromatic heterocycles. The minimum Gasteiger partial charge on any atom is -0.352 e. The third-order valence-corrected chi connectivity index (χ3v) is 10.1. The van der Waals surface area contributed by atoms with Crippen LogP contribution in [0.1, 0.15) is 51.1 Å². The number of nitrogens with one attached hydrogen (secondary N) is 1. The molecule has 0 radical (unpaired) electrons. The number of benzene rings is 4. The predicted molar refractivity (Wildman–Crippen MR) is 171 cm³/mol. The Balaban J connectivity index is 1.10. The van der Waals surface area contributed by atoms with Gasteiger partial charge < -0.3 is 15.1 Å². The molecular formula is C36H36FN3O3S. The number of fused-ring (bicyclic) bond motifs is 2. The Morgan fingerprint density at radius 2 is 1.61 bits per heavy atom. The van der Waals surface area contributed by atoms with Crippen molar-refractivity contribution in [3.8, 4) is 0 Å². The third-order valence-electron chi connectivity index (χ3n) is 8.57. The van der Waals surface area contributed by atoms with Gasteiger partial charge in [0.15, 0.2) is 0 Å². The van der Waals surface area contributed by atoms with Crippen LogP contribution < -0.4 is 10.2 Å². The van der Waals surface area contributed by atoms with E-state index in [1.807, 2.05) is 0 Å².